The van der Waals surface area contributed by atoms with E-state index in [1.54, 1.807) is 23.1 Å². The molecular formula is C25H30FN3O4S. The minimum Gasteiger partial charge on any atom is -0.376 e. The molecule has 1 saturated carbocycles. The first-order valence-corrected chi connectivity index (χ1v) is 13.6. The van der Waals surface area contributed by atoms with Gasteiger partial charge in [-0.25, -0.2) is 22.3 Å². The normalized spacial score (nSPS) is 25.2. The van der Waals surface area contributed by atoms with E-state index in [1.165, 1.54) is 0 Å². The highest BCUT2D eigenvalue weighted by molar-refractivity contribution is 7.88. The Bertz CT molecular complexity index is 1170. The SMILES string of the molecule is CS(=O)(=O)N[C@@H]1[C@H](Cc2cccc(-c3ccccc3)c2F)N(C(=O)NC[C@@H]2CCO2)CC12CC2. The largest absolute Gasteiger partial charge is 0.376 e. The van der Waals surface area contributed by atoms with E-state index in [4.69, 9.17) is 4.74 Å². The van der Waals surface area contributed by atoms with E-state index >= 15 is 4.39 Å². The van der Waals surface area contributed by atoms with Gasteiger partial charge in [0, 0.05) is 36.7 Å². The summed E-state index contributed by atoms with van der Waals surface area (Å²) in [6.07, 6.45) is 3.94. The van der Waals surface area contributed by atoms with Gasteiger partial charge in [0.2, 0.25) is 10.0 Å². The molecule has 3 atom stereocenters. The molecule has 2 aromatic carbocycles. The lowest BCUT2D eigenvalue weighted by Gasteiger charge is -2.31. The van der Waals surface area contributed by atoms with Gasteiger partial charge in [-0.05, 0) is 36.8 Å². The van der Waals surface area contributed by atoms with Gasteiger partial charge in [-0.15, -0.1) is 0 Å². The van der Waals surface area contributed by atoms with Crippen LogP contribution < -0.4 is 10.0 Å². The van der Waals surface area contributed by atoms with Gasteiger partial charge in [0.1, 0.15) is 5.82 Å². The number of carbonyl (C=O) groups is 1. The van der Waals surface area contributed by atoms with Crippen LogP contribution >= 0.6 is 0 Å². The van der Waals surface area contributed by atoms with E-state index in [2.05, 4.69) is 10.0 Å². The number of urea groups is 1. The number of halogens is 1. The van der Waals surface area contributed by atoms with Crippen molar-refractivity contribution in [3.8, 4) is 11.1 Å². The smallest absolute Gasteiger partial charge is 0.317 e. The second-order valence-corrected chi connectivity index (χ2v) is 11.5. The maximum atomic E-state index is 15.6. The summed E-state index contributed by atoms with van der Waals surface area (Å²) >= 11 is 0. The second kappa shape index (κ2) is 8.94. The third-order valence-corrected chi connectivity index (χ3v) is 7.97. The fraction of sp³-hybridized carbons (Fsp3) is 0.480. The molecule has 0 aromatic heterocycles. The molecular weight excluding hydrogens is 457 g/mol. The van der Waals surface area contributed by atoms with E-state index in [0.717, 1.165) is 31.1 Å². The maximum absolute atomic E-state index is 15.6. The van der Waals surface area contributed by atoms with E-state index in [-0.39, 0.29) is 29.8 Å². The standard InChI is InChI=1S/C25H30FN3O4S/c1-34(31,32)28-23-21(14-18-8-5-9-20(22(18)26)17-6-3-2-4-7-17)29(16-25(23)11-12-25)24(30)27-15-19-10-13-33-19/h2-9,19,21,23,28H,10-16H2,1H3,(H,27,30)/t19-,21-,23+/m0/s1. The number of likely N-dealkylation sites (tertiary alicyclic amines) is 1. The van der Waals surface area contributed by atoms with Crippen molar-refractivity contribution >= 4 is 16.1 Å². The number of hydrogen-bond acceptors (Lipinski definition) is 4. The van der Waals surface area contributed by atoms with E-state index in [9.17, 15) is 13.2 Å². The number of benzene rings is 2. The molecule has 1 spiro atoms. The van der Waals surface area contributed by atoms with Crippen molar-refractivity contribution in [1.29, 1.82) is 0 Å². The molecule has 0 radical (unpaired) electrons. The van der Waals surface area contributed by atoms with E-state index < -0.39 is 22.1 Å². The molecule has 2 heterocycles. The lowest BCUT2D eigenvalue weighted by molar-refractivity contribution is -0.0472. The van der Waals surface area contributed by atoms with Crippen LogP contribution in [-0.2, 0) is 21.2 Å². The predicted molar refractivity (Wildman–Crippen MR) is 127 cm³/mol. The molecule has 7 nitrogen and oxygen atoms in total. The number of nitrogens with zero attached hydrogens (tertiary/aromatic N) is 1. The lowest BCUT2D eigenvalue weighted by atomic mass is 9.91. The van der Waals surface area contributed by atoms with Gasteiger partial charge in [-0.2, -0.15) is 0 Å². The Labute approximate surface area is 199 Å². The van der Waals surface area contributed by atoms with Gasteiger partial charge in [0.05, 0.1) is 18.4 Å². The van der Waals surface area contributed by atoms with Gasteiger partial charge in [-0.1, -0.05) is 48.5 Å². The molecule has 0 bridgehead atoms. The highest BCUT2D eigenvalue weighted by atomic mass is 32.2. The number of amides is 2. The van der Waals surface area contributed by atoms with Crippen LogP contribution in [0.5, 0.6) is 0 Å². The summed E-state index contributed by atoms with van der Waals surface area (Å²) in [6.45, 7) is 1.56. The van der Waals surface area contributed by atoms with Crippen molar-refractivity contribution in [3.63, 3.8) is 0 Å². The molecule has 9 heteroatoms. The van der Waals surface area contributed by atoms with Crippen LogP contribution in [0.2, 0.25) is 0 Å². The summed E-state index contributed by atoms with van der Waals surface area (Å²) in [6, 6.07) is 13.3. The fourth-order valence-electron chi connectivity index (χ4n) is 5.21. The quantitative estimate of drug-likeness (QED) is 0.629. The third kappa shape index (κ3) is 4.69. The van der Waals surface area contributed by atoms with Crippen LogP contribution in [-0.4, -0.2) is 63.5 Å². The van der Waals surface area contributed by atoms with Crippen LogP contribution in [0.25, 0.3) is 11.1 Å². The van der Waals surface area contributed by atoms with Gasteiger partial charge in [0.25, 0.3) is 0 Å². The number of nitrogens with one attached hydrogen (secondary N) is 2. The summed E-state index contributed by atoms with van der Waals surface area (Å²) in [4.78, 5) is 14.9. The highest BCUT2D eigenvalue weighted by Gasteiger charge is 2.61. The minimum atomic E-state index is -3.52. The van der Waals surface area contributed by atoms with Crippen LogP contribution in [0.1, 0.15) is 24.8 Å². The van der Waals surface area contributed by atoms with Crippen LogP contribution in [0, 0.1) is 11.2 Å². The molecule has 1 aliphatic carbocycles. The van der Waals surface area contributed by atoms with Gasteiger partial charge >= 0.3 is 6.03 Å². The Morgan fingerprint density at radius 3 is 2.53 bits per heavy atom. The Morgan fingerprint density at radius 2 is 1.91 bits per heavy atom. The molecule has 3 fully saturated rings. The summed E-state index contributed by atoms with van der Waals surface area (Å²) in [7, 11) is -3.52. The maximum Gasteiger partial charge on any atom is 0.317 e. The number of ether oxygens (including phenoxy) is 1. The molecule has 3 aliphatic rings. The van der Waals surface area contributed by atoms with Crippen molar-refractivity contribution in [3.05, 3.63) is 59.9 Å². The molecule has 2 saturated heterocycles. The average molecular weight is 488 g/mol. The molecule has 0 unspecified atom stereocenters. The Hall–Kier alpha value is -2.49. The molecule has 34 heavy (non-hydrogen) atoms. The van der Waals surface area contributed by atoms with E-state index in [1.807, 2.05) is 30.3 Å². The van der Waals surface area contributed by atoms with E-state index in [0.29, 0.717) is 30.8 Å². The van der Waals surface area contributed by atoms with Crippen LogP contribution in [0.4, 0.5) is 9.18 Å². The molecule has 182 valence electrons. The first-order chi connectivity index (χ1) is 16.3. The van der Waals surface area contributed by atoms with Gasteiger partial charge in [0.15, 0.2) is 0 Å². The van der Waals surface area contributed by atoms with Crippen molar-refractivity contribution < 1.29 is 22.3 Å². The molecule has 2 aromatic rings. The highest BCUT2D eigenvalue weighted by Crippen LogP contribution is 2.55. The topological polar surface area (TPSA) is 87.7 Å². The Morgan fingerprint density at radius 1 is 1.18 bits per heavy atom. The summed E-state index contributed by atoms with van der Waals surface area (Å²) in [5.41, 5.74) is 1.42. The van der Waals surface area contributed by atoms with Gasteiger partial charge < -0.3 is 15.0 Å². The fourth-order valence-corrected chi connectivity index (χ4v) is 6.08. The van der Waals surface area contributed by atoms with Crippen LogP contribution in [0.3, 0.4) is 0 Å². The monoisotopic (exact) mass is 487 g/mol. The Balaban J connectivity index is 1.44. The number of rotatable bonds is 7. The molecule has 5 rings (SSSR count). The zero-order valence-electron chi connectivity index (χ0n) is 19.2. The molecule has 2 N–H and O–H groups in total. The number of carbonyl (C=O) groups excluding carboxylic acids is 1. The first-order valence-electron chi connectivity index (χ1n) is 11.7. The zero-order chi connectivity index (χ0) is 23.9. The molecule has 2 aliphatic heterocycles. The first kappa shape index (κ1) is 23.3. The Kier molecular flexibility index (Phi) is 6.12. The van der Waals surface area contributed by atoms with Crippen molar-refractivity contribution in [2.24, 2.45) is 5.41 Å². The average Bonchev–Trinajstić information content (AvgIpc) is 3.49. The van der Waals surface area contributed by atoms with Crippen LogP contribution in [0.15, 0.2) is 48.5 Å². The summed E-state index contributed by atoms with van der Waals surface area (Å²) in [5, 5.41) is 2.93. The number of sulfonamides is 1. The minimum absolute atomic E-state index is 0.0184. The van der Waals surface area contributed by atoms with Crippen molar-refractivity contribution in [2.75, 3.05) is 26.0 Å². The lowest BCUT2D eigenvalue weighted by Crippen LogP contribution is -2.52. The van der Waals surface area contributed by atoms with Crippen molar-refractivity contribution in [1.82, 2.24) is 14.9 Å². The summed E-state index contributed by atoms with van der Waals surface area (Å²) < 4.78 is 48.3. The second-order valence-electron chi connectivity index (χ2n) is 9.74. The third-order valence-electron chi connectivity index (χ3n) is 7.29. The van der Waals surface area contributed by atoms with Gasteiger partial charge in [-0.3, -0.25) is 0 Å². The predicted octanol–water partition coefficient (Wildman–Crippen LogP) is 2.92. The summed E-state index contributed by atoms with van der Waals surface area (Å²) in [5.74, 6) is -0.341. The zero-order valence-corrected chi connectivity index (χ0v) is 20.0. The molecule has 2 amide bonds. The van der Waals surface area contributed by atoms with Crippen molar-refractivity contribution in [2.45, 2.75) is 43.9 Å². The number of hydrogen-bond donors (Lipinski definition) is 2.